The zero-order valence-electron chi connectivity index (χ0n) is 5.96. The molecular weight excluding hydrogens is 184 g/mol. The van der Waals surface area contributed by atoms with Crippen LogP contribution in [0.4, 0.5) is 5.69 Å². The van der Waals surface area contributed by atoms with E-state index in [1.54, 1.807) is 0 Å². The van der Waals surface area contributed by atoms with Gasteiger partial charge >= 0.3 is 58.2 Å². The van der Waals surface area contributed by atoms with Crippen molar-refractivity contribution in [2.24, 2.45) is 0 Å². The Morgan fingerprint density at radius 2 is 1.44 bits per heavy atom. The Labute approximate surface area is 105 Å². The molecule has 1 aromatic carbocycles. The molecule has 0 aliphatic heterocycles. The smallest absolute Gasteiger partial charge is 0.399 e. The molecule has 0 radical (unpaired) electrons. The van der Waals surface area contributed by atoms with Crippen LogP contribution in [0.15, 0.2) is 30.3 Å². The molecule has 1 aromatic rings. The van der Waals surface area contributed by atoms with Gasteiger partial charge in [-0.1, -0.05) is 18.2 Å². The normalized spacial score (nSPS) is 6.67. The molecule has 0 spiro atoms. The summed E-state index contributed by atoms with van der Waals surface area (Å²) in [6.45, 7) is 0. The fourth-order valence-electron chi connectivity index (χ4n) is 0.453. The van der Waals surface area contributed by atoms with E-state index in [1.807, 2.05) is 30.3 Å². The van der Waals surface area contributed by atoms with Gasteiger partial charge in [0.05, 0.1) is 0 Å². The molecule has 0 heterocycles. The van der Waals surface area contributed by atoms with Gasteiger partial charge in [-0.05, 0) is 12.1 Å². The maximum atomic E-state index is 5.36. The molecule has 0 bridgehead atoms. The molecule has 0 amide bonds. The van der Waals surface area contributed by atoms with Crippen molar-refractivity contribution in [1.29, 1.82) is 0 Å². The summed E-state index contributed by atoms with van der Waals surface area (Å²) < 4.78 is 0. The molecule has 0 fully saturated rings. The third-order valence-corrected chi connectivity index (χ3v) is 0.800. The summed E-state index contributed by atoms with van der Waals surface area (Å²) in [5, 5.41) is 0. The van der Waals surface area contributed by atoms with Crippen molar-refractivity contribution >= 4 is 5.69 Å². The Morgan fingerprint density at radius 3 is 1.67 bits per heavy atom. The average molecular weight is 194 g/mol. The molecule has 1 rings (SSSR count). The quantitative estimate of drug-likeness (QED) is 0.403. The Balaban J connectivity index is 0. The number of para-hydroxylation sites is 1. The zero-order valence-corrected chi connectivity index (χ0v) is 10.9. The molecule has 2 N–H and O–H groups in total. The maximum Gasteiger partial charge on any atom is 1.00 e. The van der Waals surface area contributed by atoms with Crippen molar-refractivity contribution in [2.75, 3.05) is 5.73 Å². The van der Waals surface area contributed by atoms with Crippen LogP contribution < -0.4 is 63.9 Å². The van der Waals surface area contributed by atoms with Gasteiger partial charge in [0.25, 0.3) is 0 Å². The van der Waals surface area contributed by atoms with Crippen molar-refractivity contribution in [3.63, 3.8) is 0 Å². The van der Waals surface area contributed by atoms with Crippen LogP contribution in [0.5, 0.6) is 0 Å². The molecule has 0 aliphatic carbocycles. The van der Waals surface area contributed by atoms with E-state index in [9.17, 15) is 0 Å². The Kier molecular flexibility index (Phi) is 9.63. The molecule has 0 saturated heterocycles. The Bertz CT molecular complexity index is 139. The van der Waals surface area contributed by atoms with Crippen molar-refractivity contribution in [3.05, 3.63) is 37.8 Å². The van der Waals surface area contributed by atoms with Crippen LogP contribution in [-0.4, -0.2) is 0 Å². The second kappa shape index (κ2) is 6.94. The summed E-state index contributed by atoms with van der Waals surface area (Å²) in [7, 11) is 0. The van der Waals surface area contributed by atoms with Crippen LogP contribution in [0.1, 0.15) is 0 Å². The van der Waals surface area contributed by atoms with E-state index >= 15 is 0 Å². The fraction of sp³-hybridized carbons (Fsp3) is 0. The molecule has 0 aliphatic rings. The number of benzene rings is 1. The number of anilines is 1. The summed E-state index contributed by atoms with van der Waals surface area (Å²) >= 11 is 0. The van der Waals surface area contributed by atoms with Crippen molar-refractivity contribution in [1.82, 2.24) is 0 Å². The molecule has 1 nitrogen and oxygen atoms in total. The van der Waals surface area contributed by atoms with E-state index < -0.39 is 0 Å². The SMILES string of the molecule is Nc1ccccc1.[CH3-].[Rb+]. The Hall–Kier alpha value is 0.825. The van der Waals surface area contributed by atoms with Crippen molar-refractivity contribution in [3.8, 4) is 0 Å². The predicted octanol–water partition coefficient (Wildman–Crippen LogP) is -1.28. The van der Waals surface area contributed by atoms with Crippen LogP contribution in [0.25, 0.3) is 0 Å². The summed E-state index contributed by atoms with van der Waals surface area (Å²) in [6, 6.07) is 9.49. The van der Waals surface area contributed by atoms with Gasteiger partial charge in [0.1, 0.15) is 0 Å². The first-order valence-corrected chi connectivity index (χ1v) is 2.20. The second-order valence-corrected chi connectivity index (χ2v) is 1.41. The molecule has 9 heavy (non-hydrogen) atoms. The molecule has 0 aromatic heterocycles. The zero-order chi connectivity index (χ0) is 5.11. The van der Waals surface area contributed by atoms with E-state index in [2.05, 4.69) is 0 Å². The van der Waals surface area contributed by atoms with Gasteiger partial charge in [-0.3, -0.25) is 0 Å². The van der Waals surface area contributed by atoms with Gasteiger partial charge in [0.2, 0.25) is 0 Å². The maximum absolute atomic E-state index is 5.36. The standard InChI is InChI=1S/C6H7N.CH3.Rb/c7-6-4-2-1-3-5-6;;/h1-5H,7H2;1H3;/q;-1;+1. The molecule has 44 valence electrons. The first kappa shape index (κ1) is 12.5. The molecule has 0 atom stereocenters. The van der Waals surface area contributed by atoms with E-state index in [4.69, 9.17) is 5.73 Å². The fourth-order valence-corrected chi connectivity index (χ4v) is 0.453. The first-order chi connectivity index (χ1) is 3.39. The van der Waals surface area contributed by atoms with Gasteiger partial charge in [-0.25, -0.2) is 0 Å². The van der Waals surface area contributed by atoms with Gasteiger partial charge in [-0.15, -0.1) is 0 Å². The number of hydrogen-bond donors (Lipinski definition) is 1. The Morgan fingerprint density at radius 1 is 1.00 bits per heavy atom. The number of nitrogen functional groups attached to an aromatic ring is 1. The monoisotopic (exact) mass is 193 g/mol. The average Bonchev–Trinajstić information content (AvgIpc) is 1.69. The van der Waals surface area contributed by atoms with Gasteiger partial charge < -0.3 is 13.2 Å². The summed E-state index contributed by atoms with van der Waals surface area (Å²) in [5.41, 5.74) is 6.18. The molecular formula is C7H10NRb. The van der Waals surface area contributed by atoms with Crippen molar-refractivity contribution in [2.45, 2.75) is 0 Å². The van der Waals surface area contributed by atoms with Crippen LogP contribution in [0, 0.1) is 7.43 Å². The summed E-state index contributed by atoms with van der Waals surface area (Å²) in [6.07, 6.45) is 0. The van der Waals surface area contributed by atoms with Crippen LogP contribution in [-0.2, 0) is 0 Å². The first-order valence-electron chi connectivity index (χ1n) is 2.20. The minimum atomic E-state index is 0. The third-order valence-electron chi connectivity index (χ3n) is 0.800. The van der Waals surface area contributed by atoms with Gasteiger partial charge in [-0.2, -0.15) is 0 Å². The number of rotatable bonds is 0. The van der Waals surface area contributed by atoms with E-state index in [0.717, 1.165) is 5.69 Å². The summed E-state index contributed by atoms with van der Waals surface area (Å²) in [4.78, 5) is 0. The molecule has 0 unspecified atom stereocenters. The number of hydrogen-bond acceptors (Lipinski definition) is 1. The largest absolute Gasteiger partial charge is 1.00 e. The van der Waals surface area contributed by atoms with Gasteiger partial charge in [0, 0.05) is 5.69 Å². The van der Waals surface area contributed by atoms with Gasteiger partial charge in [0.15, 0.2) is 0 Å². The second-order valence-electron chi connectivity index (χ2n) is 1.41. The molecule has 2 heteroatoms. The van der Waals surface area contributed by atoms with Crippen LogP contribution >= 0.6 is 0 Å². The van der Waals surface area contributed by atoms with Crippen LogP contribution in [0.2, 0.25) is 0 Å². The molecule has 0 saturated carbocycles. The predicted molar refractivity (Wildman–Crippen MR) is 37.3 cm³/mol. The summed E-state index contributed by atoms with van der Waals surface area (Å²) in [5.74, 6) is 0. The number of nitrogens with two attached hydrogens (primary N) is 1. The minimum absolute atomic E-state index is 0. The van der Waals surface area contributed by atoms with E-state index in [0.29, 0.717) is 0 Å². The van der Waals surface area contributed by atoms with E-state index in [-0.39, 0.29) is 65.6 Å². The van der Waals surface area contributed by atoms with Crippen molar-refractivity contribution < 1.29 is 58.2 Å². The minimum Gasteiger partial charge on any atom is -0.399 e. The van der Waals surface area contributed by atoms with E-state index in [1.165, 1.54) is 0 Å². The topological polar surface area (TPSA) is 26.0 Å². The third kappa shape index (κ3) is 5.28. The van der Waals surface area contributed by atoms with Crippen LogP contribution in [0.3, 0.4) is 0 Å².